The Morgan fingerprint density at radius 1 is 1.37 bits per heavy atom. The third-order valence-electron chi connectivity index (χ3n) is 2.67. The summed E-state index contributed by atoms with van der Waals surface area (Å²) in [5.74, 6) is 1.13. The first kappa shape index (κ1) is 14.1. The van der Waals surface area contributed by atoms with Gasteiger partial charge in [0, 0.05) is 17.2 Å². The summed E-state index contributed by atoms with van der Waals surface area (Å²) in [6.45, 7) is 2.10. The molecule has 0 bridgehead atoms. The second-order valence-electron chi connectivity index (χ2n) is 3.92. The van der Waals surface area contributed by atoms with Crippen LogP contribution in [-0.2, 0) is 6.42 Å². The first-order valence-corrected chi connectivity index (χ1v) is 7.07. The highest BCUT2D eigenvalue weighted by molar-refractivity contribution is 9.10. The predicted molar refractivity (Wildman–Crippen MR) is 83.4 cm³/mol. The molecule has 0 spiro atoms. The minimum absolute atomic E-state index is 0.490. The van der Waals surface area contributed by atoms with E-state index in [9.17, 15) is 0 Å². The monoisotopic (exact) mass is 340 g/mol. The largest absolute Gasteiger partial charge is 0.357 e. The third kappa shape index (κ3) is 3.36. The molecule has 2 N–H and O–H groups in total. The van der Waals surface area contributed by atoms with Gasteiger partial charge in [-0.3, -0.25) is 0 Å². The molecule has 0 aliphatic heterocycles. The Labute approximate surface area is 125 Å². The van der Waals surface area contributed by atoms with Crippen molar-refractivity contribution in [3.05, 3.63) is 39.5 Å². The van der Waals surface area contributed by atoms with Gasteiger partial charge in [0.1, 0.15) is 5.02 Å². The number of hydrogen-bond donors (Lipinski definition) is 2. The van der Waals surface area contributed by atoms with E-state index in [4.69, 9.17) is 11.6 Å². The van der Waals surface area contributed by atoms with E-state index in [0.29, 0.717) is 16.8 Å². The van der Waals surface area contributed by atoms with E-state index in [0.717, 1.165) is 16.6 Å². The van der Waals surface area contributed by atoms with Crippen molar-refractivity contribution in [1.29, 1.82) is 0 Å². The van der Waals surface area contributed by atoms with Gasteiger partial charge in [-0.15, -0.1) is 0 Å². The van der Waals surface area contributed by atoms with Gasteiger partial charge >= 0.3 is 0 Å². The zero-order valence-corrected chi connectivity index (χ0v) is 13.0. The summed E-state index contributed by atoms with van der Waals surface area (Å²) in [4.78, 5) is 8.36. The fourth-order valence-corrected chi connectivity index (χ4v) is 2.23. The molecule has 0 amide bonds. The molecule has 0 radical (unpaired) electrons. The van der Waals surface area contributed by atoms with Gasteiger partial charge in [-0.25, -0.2) is 4.98 Å². The summed E-state index contributed by atoms with van der Waals surface area (Å²) in [6, 6.07) is 6.06. The number of nitrogens with one attached hydrogen (secondary N) is 2. The van der Waals surface area contributed by atoms with Gasteiger partial charge in [0.25, 0.3) is 0 Å². The van der Waals surface area contributed by atoms with Crippen molar-refractivity contribution in [2.45, 2.75) is 13.3 Å². The highest BCUT2D eigenvalue weighted by Crippen LogP contribution is 2.28. The maximum Gasteiger partial charge on any atom is 0.224 e. The van der Waals surface area contributed by atoms with Crippen molar-refractivity contribution in [2.75, 3.05) is 17.7 Å². The van der Waals surface area contributed by atoms with Crippen LogP contribution in [0.15, 0.2) is 28.9 Å². The number of aryl methyl sites for hydroxylation is 1. The lowest BCUT2D eigenvalue weighted by atomic mass is 10.1. The molecule has 0 fully saturated rings. The molecule has 1 aromatic heterocycles. The predicted octanol–water partition coefficient (Wildman–Crippen LogP) is 4.24. The summed E-state index contributed by atoms with van der Waals surface area (Å²) in [5, 5.41) is 6.63. The van der Waals surface area contributed by atoms with E-state index in [1.54, 1.807) is 13.2 Å². The summed E-state index contributed by atoms with van der Waals surface area (Å²) in [7, 11) is 1.77. The van der Waals surface area contributed by atoms with Crippen molar-refractivity contribution in [3.63, 3.8) is 0 Å². The van der Waals surface area contributed by atoms with Gasteiger partial charge in [-0.1, -0.05) is 34.5 Å². The Kier molecular flexibility index (Phi) is 4.61. The quantitative estimate of drug-likeness (QED) is 0.873. The molecule has 1 aromatic carbocycles. The number of benzene rings is 1. The van der Waals surface area contributed by atoms with E-state index >= 15 is 0 Å². The number of hydrogen-bond acceptors (Lipinski definition) is 4. The van der Waals surface area contributed by atoms with Crippen molar-refractivity contribution >= 4 is 45.0 Å². The van der Waals surface area contributed by atoms with Crippen molar-refractivity contribution in [3.8, 4) is 0 Å². The van der Waals surface area contributed by atoms with Gasteiger partial charge in [-0.05, 0) is 30.2 Å². The van der Waals surface area contributed by atoms with Crippen LogP contribution in [0.4, 0.5) is 17.5 Å². The van der Waals surface area contributed by atoms with E-state index in [2.05, 4.69) is 49.5 Å². The van der Waals surface area contributed by atoms with Crippen molar-refractivity contribution < 1.29 is 0 Å². The molecule has 0 atom stereocenters. The summed E-state index contributed by atoms with van der Waals surface area (Å²) >= 11 is 9.58. The minimum atomic E-state index is 0.490. The Morgan fingerprint density at radius 2 is 2.16 bits per heavy atom. The molecule has 0 unspecified atom stereocenters. The van der Waals surface area contributed by atoms with Crippen LogP contribution in [0, 0.1) is 0 Å². The molecule has 100 valence electrons. The molecule has 1 heterocycles. The smallest absolute Gasteiger partial charge is 0.224 e. The lowest BCUT2D eigenvalue weighted by Gasteiger charge is -2.12. The third-order valence-corrected chi connectivity index (χ3v) is 3.44. The number of anilines is 3. The van der Waals surface area contributed by atoms with E-state index in [-0.39, 0.29) is 0 Å². The molecule has 0 aliphatic rings. The summed E-state index contributed by atoms with van der Waals surface area (Å²) in [5.41, 5.74) is 2.18. The number of nitrogens with zero attached hydrogens (tertiary/aromatic N) is 2. The van der Waals surface area contributed by atoms with Gasteiger partial charge in [0.05, 0.1) is 6.20 Å². The van der Waals surface area contributed by atoms with Crippen LogP contribution < -0.4 is 10.6 Å². The highest BCUT2D eigenvalue weighted by atomic mass is 79.9. The number of rotatable bonds is 4. The van der Waals surface area contributed by atoms with Crippen LogP contribution in [0.3, 0.4) is 0 Å². The first-order chi connectivity index (χ1) is 9.13. The molecule has 0 saturated carbocycles. The molecule has 0 aliphatic carbocycles. The first-order valence-electron chi connectivity index (χ1n) is 5.89. The zero-order valence-electron chi connectivity index (χ0n) is 10.7. The van der Waals surface area contributed by atoms with Gasteiger partial charge in [-0.2, -0.15) is 4.98 Å². The topological polar surface area (TPSA) is 49.8 Å². The standard InChI is InChI=1S/C13H14BrClN4/c1-3-8-6-9(14)4-5-11(8)18-12-10(15)7-17-13(16-2)19-12/h4-7H,3H2,1-2H3,(H2,16,17,18,19). The Bertz CT molecular complexity index is 589. The molecule has 0 saturated heterocycles. The van der Waals surface area contributed by atoms with Gasteiger partial charge in [0.15, 0.2) is 5.82 Å². The van der Waals surface area contributed by atoms with Gasteiger partial charge < -0.3 is 10.6 Å². The van der Waals surface area contributed by atoms with Crippen LogP contribution >= 0.6 is 27.5 Å². The Balaban J connectivity index is 2.35. The molecule has 2 aromatic rings. The van der Waals surface area contributed by atoms with Crippen LogP contribution in [0.25, 0.3) is 0 Å². The lowest BCUT2D eigenvalue weighted by Crippen LogP contribution is -2.02. The zero-order chi connectivity index (χ0) is 13.8. The SMILES string of the molecule is CCc1cc(Br)ccc1Nc1nc(NC)ncc1Cl. The maximum atomic E-state index is 6.11. The minimum Gasteiger partial charge on any atom is -0.357 e. The average molecular weight is 342 g/mol. The fraction of sp³-hybridized carbons (Fsp3) is 0.231. The summed E-state index contributed by atoms with van der Waals surface area (Å²) < 4.78 is 1.06. The van der Waals surface area contributed by atoms with E-state index in [1.165, 1.54) is 5.56 Å². The molecular weight excluding hydrogens is 328 g/mol. The number of halogens is 2. The fourth-order valence-electron chi connectivity index (χ4n) is 1.68. The van der Waals surface area contributed by atoms with Crippen LogP contribution in [0.1, 0.15) is 12.5 Å². The second kappa shape index (κ2) is 6.21. The Hall–Kier alpha value is -1.33. The van der Waals surface area contributed by atoms with Crippen LogP contribution in [0.5, 0.6) is 0 Å². The lowest BCUT2D eigenvalue weighted by molar-refractivity contribution is 1.12. The van der Waals surface area contributed by atoms with Gasteiger partial charge in [0.2, 0.25) is 5.95 Å². The normalized spacial score (nSPS) is 10.3. The molecule has 4 nitrogen and oxygen atoms in total. The molecule has 19 heavy (non-hydrogen) atoms. The number of aromatic nitrogens is 2. The maximum absolute atomic E-state index is 6.11. The second-order valence-corrected chi connectivity index (χ2v) is 5.24. The van der Waals surface area contributed by atoms with E-state index in [1.807, 2.05) is 12.1 Å². The van der Waals surface area contributed by atoms with E-state index < -0.39 is 0 Å². The average Bonchev–Trinajstić information content (AvgIpc) is 2.43. The van der Waals surface area contributed by atoms with Crippen LogP contribution in [-0.4, -0.2) is 17.0 Å². The summed E-state index contributed by atoms with van der Waals surface area (Å²) in [6.07, 6.45) is 2.50. The van der Waals surface area contributed by atoms with Crippen molar-refractivity contribution in [1.82, 2.24) is 9.97 Å². The molecule has 2 rings (SSSR count). The Morgan fingerprint density at radius 3 is 2.84 bits per heavy atom. The van der Waals surface area contributed by atoms with Crippen LogP contribution in [0.2, 0.25) is 5.02 Å². The molecule has 6 heteroatoms. The highest BCUT2D eigenvalue weighted by Gasteiger charge is 2.08. The van der Waals surface area contributed by atoms with Crippen molar-refractivity contribution in [2.24, 2.45) is 0 Å². The molecular formula is C13H14BrClN4.